The molecule has 2 amide bonds. The van der Waals surface area contributed by atoms with Crippen LogP contribution in [-0.2, 0) is 10.3 Å². The molecule has 1 aliphatic heterocycles. The van der Waals surface area contributed by atoms with Crippen LogP contribution < -0.4 is 0 Å². The SMILES string of the molecule is CN(C)C(=O)C1(c2cnccn2)CCCN1C(=O)c1cnccn1. The Morgan fingerprint density at radius 1 is 1.08 bits per heavy atom. The molecule has 1 unspecified atom stereocenters. The van der Waals surface area contributed by atoms with Gasteiger partial charge in [-0.15, -0.1) is 0 Å². The molecule has 0 spiro atoms. The summed E-state index contributed by atoms with van der Waals surface area (Å²) in [4.78, 5) is 45.5. The largest absolute Gasteiger partial charge is 0.346 e. The van der Waals surface area contributed by atoms with Gasteiger partial charge in [-0.05, 0) is 12.8 Å². The van der Waals surface area contributed by atoms with Crippen LogP contribution in [-0.4, -0.2) is 62.2 Å². The van der Waals surface area contributed by atoms with Gasteiger partial charge in [-0.3, -0.25) is 24.5 Å². The highest BCUT2D eigenvalue weighted by Gasteiger charge is 2.53. The van der Waals surface area contributed by atoms with Crippen LogP contribution in [0.2, 0.25) is 0 Å². The molecule has 0 aromatic carbocycles. The molecule has 2 aromatic heterocycles. The summed E-state index contributed by atoms with van der Waals surface area (Å²) in [6.07, 6.45) is 10.2. The van der Waals surface area contributed by atoms with Crippen LogP contribution in [0.5, 0.6) is 0 Å². The van der Waals surface area contributed by atoms with Crippen LogP contribution in [0.4, 0.5) is 0 Å². The van der Waals surface area contributed by atoms with E-state index in [0.29, 0.717) is 25.1 Å². The van der Waals surface area contributed by atoms with Gasteiger partial charge in [-0.2, -0.15) is 0 Å². The Bertz CT molecular complexity index is 737. The smallest absolute Gasteiger partial charge is 0.275 e. The molecule has 8 heteroatoms. The van der Waals surface area contributed by atoms with Crippen molar-refractivity contribution in [2.75, 3.05) is 20.6 Å². The number of amides is 2. The Labute approximate surface area is 139 Å². The molecule has 2 aromatic rings. The van der Waals surface area contributed by atoms with Crippen LogP contribution in [0, 0.1) is 0 Å². The summed E-state index contributed by atoms with van der Waals surface area (Å²) in [7, 11) is 3.34. The van der Waals surface area contributed by atoms with Gasteiger partial charge in [0.05, 0.1) is 18.1 Å². The van der Waals surface area contributed by atoms with Gasteiger partial charge >= 0.3 is 0 Å². The first kappa shape index (κ1) is 16.0. The third-order valence-corrected chi connectivity index (χ3v) is 4.16. The minimum atomic E-state index is -1.16. The van der Waals surface area contributed by atoms with E-state index in [1.165, 1.54) is 29.7 Å². The van der Waals surface area contributed by atoms with E-state index in [1.54, 1.807) is 31.4 Å². The van der Waals surface area contributed by atoms with Crippen molar-refractivity contribution in [2.24, 2.45) is 0 Å². The van der Waals surface area contributed by atoms with Gasteiger partial charge in [0.25, 0.3) is 11.8 Å². The number of likely N-dealkylation sites (N-methyl/N-ethyl adjacent to an activating group) is 1. The average Bonchev–Trinajstić information content (AvgIpc) is 3.07. The molecule has 24 heavy (non-hydrogen) atoms. The van der Waals surface area contributed by atoms with E-state index in [2.05, 4.69) is 19.9 Å². The topological polar surface area (TPSA) is 92.2 Å². The van der Waals surface area contributed by atoms with Crippen molar-refractivity contribution in [3.05, 3.63) is 48.6 Å². The summed E-state index contributed by atoms with van der Waals surface area (Å²) in [5, 5.41) is 0. The molecule has 124 valence electrons. The summed E-state index contributed by atoms with van der Waals surface area (Å²) >= 11 is 0. The maximum atomic E-state index is 13.0. The lowest BCUT2D eigenvalue weighted by Gasteiger charge is -2.37. The van der Waals surface area contributed by atoms with Gasteiger partial charge < -0.3 is 9.80 Å². The number of likely N-dealkylation sites (tertiary alicyclic amines) is 1. The maximum Gasteiger partial charge on any atom is 0.275 e. The Morgan fingerprint density at radius 3 is 2.38 bits per heavy atom. The van der Waals surface area contributed by atoms with Crippen LogP contribution in [0.25, 0.3) is 0 Å². The number of aromatic nitrogens is 4. The normalized spacial score (nSPS) is 20.0. The number of hydrogen-bond donors (Lipinski definition) is 0. The second kappa shape index (κ2) is 6.31. The highest BCUT2D eigenvalue weighted by Crippen LogP contribution is 2.39. The molecule has 0 N–H and O–H groups in total. The fourth-order valence-corrected chi connectivity index (χ4v) is 3.12. The predicted octanol–water partition coefficient (Wildman–Crippen LogP) is 0.486. The third kappa shape index (κ3) is 2.49. The van der Waals surface area contributed by atoms with E-state index < -0.39 is 5.54 Å². The van der Waals surface area contributed by atoms with E-state index in [9.17, 15) is 9.59 Å². The number of rotatable bonds is 3. The van der Waals surface area contributed by atoms with Crippen LogP contribution >= 0.6 is 0 Å². The second-order valence-electron chi connectivity index (χ2n) is 5.80. The molecule has 8 nitrogen and oxygen atoms in total. The number of carbonyl (C=O) groups excluding carboxylic acids is 2. The zero-order valence-corrected chi connectivity index (χ0v) is 13.6. The summed E-state index contributed by atoms with van der Waals surface area (Å²) in [5.41, 5.74) is -0.482. The van der Waals surface area contributed by atoms with Crippen LogP contribution in [0.15, 0.2) is 37.2 Å². The molecular weight excluding hydrogens is 308 g/mol. The van der Waals surface area contributed by atoms with Gasteiger partial charge in [-0.1, -0.05) is 0 Å². The second-order valence-corrected chi connectivity index (χ2v) is 5.80. The number of nitrogens with zero attached hydrogens (tertiary/aromatic N) is 6. The zero-order chi connectivity index (χ0) is 17.2. The highest BCUT2D eigenvalue weighted by molar-refractivity contribution is 5.98. The van der Waals surface area contributed by atoms with Crippen LogP contribution in [0.1, 0.15) is 29.0 Å². The number of hydrogen-bond acceptors (Lipinski definition) is 6. The Balaban J connectivity index is 2.10. The monoisotopic (exact) mass is 326 g/mol. The van der Waals surface area contributed by atoms with Crippen molar-refractivity contribution in [3.63, 3.8) is 0 Å². The van der Waals surface area contributed by atoms with E-state index in [0.717, 1.165) is 0 Å². The van der Waals surface area contributed by atoms with E-state index >= 15 is 0 Å². The van der Waals surface area contributed by atoms with Crippen molar-refractivity contribution < 1.29 is 9.59 Å². The van der Waals surface area contributed by atoms with Gasteiger partial charge in [0, 0.05) is 45.4 Å². The van der Waals surface area contributed by atoms with E-state index in [-0.39, 0.29) is 17.5 Å². The fourth-order valence-electron chi connectivity index (χ4n) is 3.12. The first-order valence-electron chi connectivity index (χ1n) is 7.63. The highest BCUT2D eigenvalue weighted by atomic mass is 16.2. The molecule has 1 aliphatic rings. The van der Waals surface area contributed by atoms with Gasteiger partial charge in [0.2, 0.25) is 0 Å². The maximum absolute atomic E-state index is 13.0. The quantitative estimate of drug-likeness (QED) is 0.815. The van der Waals surface area contributed by atoms with E-state index in [4.69, 9.17) is 0 Å². The first-order valence-corrected chi connectivity index (χ1v) is 7.63. The summed E-state index contributed by atoms with van der Waals surface area (Å²) in [5.74, 6) is -0.529. The van der Waals surface area contributed by atoms with Crippen molar-refractivity contribution in [2.45, 2.75) is 18.4 Å². The molecule has 3 heterocycles. The molecule has 1 fully saturated rings. The summed E-state index contributed by atoms with van der Waals surface area (Å²) in [6.45, 7) is 0.450. The Morgan fingerprint density at radius 2 is 1.79 bits per heavy atom. The molecule has 1 atom stereocenters. The molecule has 0 aliphatic carbocycles. The molecular formula is C16H18N6O2. The van der Waals surface area contributed by atoms with Gasteiger partial charge in [-0.25, -0.2) is 4.98 Å². The lowest BCUT2D eigenvalue weighted by atomic mass is 9.90. The van der Waals surface area contributed by atoms with Gasteiger partial charge in [0.15, 0.2) is 5.54 Å². The minimum Gasteiger partial charge on any atom is -0.346 e. The number of carbonyl (C=O) groups is 2. The fraction of sp³-hybridized carbons (Fsp3) is 0.375. The predicted molar refractivity (Wildman–Crippen MR) is 84.7 cm³/mol. The minimum absolute atomic E-state index is 0.197. The van der Waals surface area contributed by atoms with Crippen molar-refractivity contribution >= 4 is 11.8 Å². The summed E-state index contributed by atoms with van der Waals surface area (Å²) < 4.78 is 0. The molecule has 3 rings (SSSR count). The first-order chi connectivity index (χ1) is 11.6. The van der Waals surface area contributed by atoms with Gasteiger partial charge in [0.1, 0.15) is 5.69 Å². The third-order valence-electron chi connectivity index (χ3n) is 4.16. The lowest BCUT2D eigenvalue weighted by Crippen LogP contribution is -2.55. The molecule has 0 bridgehead atoms. The van der Waals surface area contributed by atoms with E-state index in [1.807, 2.05) is 0 Å². The Hall–Kier alpha value is -2.90. The summed E-state index contributed by atoms with van der Waals surface area (Å²) in [6, 6.07) is 0. The van der Waals surface area contributed by atoms with Crippen molar-refractivity contribution in [1.82, 2.24) is 29.7 Å². The zero-order valence-electron chi connectivity index (χ0n) is 13.6. The van der Waals surface area contributed by atoms with Crippen LogP contribution in [0.3, 0.4) is 0 Å². The standard InChI is InChI=1S/C16H18N6O2/c1-21(2)15(24)16(13-11-18-6-8-20-13)4-3-9-22(16)14(23)12-10-17-5-7-19-12/h5-8,10-11H,3-4,9H2,1-2H3. The molecule has 1 saturated heterocycles. The molecule has 0 radical (unpaired) electrons. The molecule has 0 saturated carbocycles. The lowest BCUT2D eigenvalue weighted by molar-refractivity contribution is -0.140. The Kier molecular flexibility index (Phi) is 4.20. The average molecular weight is 326 g/mol. The van der Waals surface area contributed by atoms with Crippen molar-refractivity contribution in [3.8, 4) is 0 Å². The van der Waals surface area contributed by atoms with Crippen molar-refractivity contribution in [1.29, 1.82) is 0 Å².